The number of hydrogen-bond acceptors (Lipinski definition) is 4. The lowest BCUT2D eigenvalue weighted by molar-refractivity contribution is 0.0600. The van der Waals surface area contributed by atoms with Crippen LogP contribution in [-0.4, -0.2) is 13.1 Å². The standard InChI is InChI=1S/C14H14O2S2/c1-3-11-8-9-13(17-11)18-12-6-4-10(5-7-12)14(15)16-2/h4-9H,3H2,1-2H3. The minimum absolute atomic E-state index is 0.295. The fourth-order valence-electron chi connectivity index (χ4n) is 1.50. The van der Waals surface area contributed by atoms with E-state index in [9.17, 15) is 4.79 Å². The largest absolute Gasteiger partial charge is 0.465 e. The number of carbonyl (C=O) groups excluding carboxylic acids is 1. The Morgan fingerprint density at radius 1 is 1.22 bits per heavy atom. The van der Waals surface area contributed by atoms with Crippen molar-refractivity contribution in [3.8, 4) is 0 Å². The molecule has 94 valence electrons. The van der Waals surface area contributed by atoms with E-state index in [2.05, 4.69) is 23.8 Å². The number of carbonyl (C=O) groups is 1. The highest BCUT2D eigenvalue weighted by molar-refractivity contribution is 8.01. The Bertz CT molecular complexity index is 529. The summed E-state index contributed by atoms with van der Waals surface area (Å²) in [4.78, 5) is 13.8. The molecule has 2 aromatic rings. The van der Waals surface area contributed by atoms with Crippen LogP contribution in [0, 0.1) is 0 Å². The molecule has 0 aliphatic carbocycles. The minimum Gasteiger partial charge on any atom is -0.465 e. The van der Waals surface area contributed by atoms with Crippen LogP contribution in [0.5, 0.6) is 0 Å². The van der Waals surface area contributed by atoms with Gasteiger partial charge in [0.2, 0.25) is 0 Å². The van der Waals surface area contributed by atoms with Crippen molar-refractivity contribution in [2.45, 2.75) is 22.4 Å². The van der Waals surface area contributed by atoms with E-state index in [-0.39, 0.29) is 5.97 Å². The summed E-state index contributed by atoms with van der Waals surface area (Å²) in [6.07, 6.45) is 1.08. The van der Waals surface area contributed by atoms with E-state index in [1.807, 2.05) is 23.5 Å². The second kappa shape index (κ2) is 6.07. The maximum atomic E-state index is 11.3. The van der Waals surface area contributed by atoms with Crippen LogP contribution in [0.4, 0.5) is 0 Å². The van der Waals surface area contributed by atoms with Gasteiger partial charge in [-0.25, -0.2) is 4.79 Å². The SMILES string of the molecule is CCc1ccc(Sc2ccc(C(=O)OC)cc2)s1. The maximum Gasteiger partial charge on any atom is 0.337 e. The molecule has 2 rings (SSSR count). The fourth-order valence-corrected chi connectivity index (χ4v) is 3.59. The maximum absolute atomic E-state index is 11.3. The third-order valence-corrected chi connectivity index (χ3v) is 4.85. The number of benzene rings is 1. The van der Waals surface area contributed by atoms with Crippen LogP contribution in [0.15, 0.2) is 45.5 Å². The van der Waals surface area contributed by atoms with E-state index in [1.54, 1.807) is 23.9 Å². The zero-order chi connectivity index (χ0) is 13.0. The predicted octanol–water partition coefficient (Wildman–Crippen LogP) is 4.25. The van der Waals surface area contributed by atoms with Crippen LogP contribution in [0.25, 0.3) is 0 Å². The molecule has 1 heterocycles. The van der Waals surface area contributed by atoms with Crippen molar-refractivity contribution in [1.82, 2.24) is 0 Å². The molecule has 2 nitrogen and oxygen atoms in total. The zero-order valence-corrected chi connectivity index (χ0v) is 11.9. The third kappa shape index (κ3) is 3.15. The van der Waals surface area contributed by atoms with E-state index < -0.39 is 0 Å². The first-order valence-electron chi connectivity index (χ1n) is 5.68. The quantitative estimate of drug-likeness (QED) is 0.782. The minimum atomic E-state index is -0.295. The van der Waals surface area contributed by atoms with Crippen molar-refractivity contribution in [3.63, 3.8) is 0 Å². The summed E-state index contributed by atoms with van der Waals surface area (Å²) in [6.45, 7) is 2.16. The van der Waals surface area contributed by atoms with Crippen molar-refractivity contribution in [3.05, 3.63) is 46.8 Å². The number of methoxy groups -OCH3 is 1. The van der Waals surface area contributed by atoms with E-state index in [1.165, 1.54) is 16.2 Å². The molecule has 0 aliphatic rings. The van der Waals surface area contributed by atoms with Gasteiger partial charge in [-0.1, -0.05) is 18.7 Å². The molecule has 0 atom stereocenters. The fraction of sp³-hybridized carbons (Fsp3) is 0.214. The van der Waals surface area contributed by atoms with Crippen LogP contribution in [0.1, 0.15) is 22.2 Å². The van der Waals surface area contributed by atoms with E-state index in [4.69, 9.17) is 0 Å². The third-order valence-electron chi connectivity index (χ3n) is 2.48. The smallest absolute Gasteiger partial charge is 0.337 e. The Kier molecular flexibility index (Phi) is 4.44. The van der Waals surface area contributed by atoms with Crippen molar-refractivity contribution < 1.29 is 9.53 Å². The summed E-state index contributed by atoms with van der Waals surface area (Å²) in [5.74, 6) is -0.295. The number of aryl methyl sites for hydroxylation is 1. The second-order valence-electron chi connectivity index (χ2n) is 3.69. The summed E-state index contributed by atoms with van der Waals surface area (Å²) in [5.41, 5.74) is 0.585. The number of ether oxygens (including phenoxy) is 1. The van der Waals surface area contributed by atoms with Gasteiger partial charge in [0, 0.05) is 9.77 Å². The molecule has 0 radical (unpaired) electrons. The Balaban J connectivity index is 2.08. The van der Waals surface area contributed by atoms with Gasteiger partial charge in [0.25, 0.3) is 0 Å². The lowest BCUT2D eigenvalue weighted by Gasteiger charge is -2.01. The first kappa shape index (κ1) is 13.2. The van der Waals surface area contributed by atoms with Gasteiger partial charge in [-0.05, 0) is 42.8 Å². The molecule has 0 N–H and O–H groups in total. The molecule has 1 aromatic heterocycles. The van der Waals surface area contributed by atoms with Crippen molar-refractivity contribution >= 4 is 29.1 Å². The number of esters is 1. The van der Waals surface area contributed by atoms with Gasteiger partial charge in [0.1, 0.15) is 0 Å². The highest BCUT2D eigenvalue weighted by Crippen LogP contribution is 2.33. The highest BCUT2D eigenvalue weighted by Gasteiger charge is 2.06. The van der Waals surface area contributed by atoms with E-state index >= 15 is 0 Å². The average molecular weight is 278 g/mol. The average Bonchev–Trinajstić information content (AvgIpc) is 2.86. The van der Waals surface area contributed by atoms with Crippen molar-refractivity contribution in [2.75, 3.05) is 7.11 Å². The molecule has 0 spiro atoms. The normalized spacial score (nSPS) is 10.3. The van der Waals surface area contributed by atoms with Crippen LogP contribution in [0.2, 0.25) is 0 Å². The van der Waals surface area contributed by atoms with Gasteiger partial charge in [-0.15, -0.1) is 11.3 Å². The molecule has 0 bridgehead atoms. The topological polar surface area (TPSA) is 26.3 Å². The summed E-state index contributed by atoms with van der Waals surface area (Å²) >= 11 is 3.53. The lowest BCUT2D eigenvalue weighted by atomic mass is 10.2. The molecule has 0 unspecified atom stereocenters. The molecular formula is C14H14O2S2. The van der Waals surface area contributed by atoms with Crippen molar-refractivity contribution in [1.29, 1.82) is 0 Å². The Hall–Kier alpha value is -1.26. The van der Waals surface area contributed by atoms with Gasteiger partial charge in [-0.2, -0.15) is 0 Å². The molecule has 0 fully saturated rings. The van der Waals surface area contributed by atoms with Crippen LogP contribution in [0.3, 0.4) is 0 Å². The van der Waals surface area contributed by atoms with Gasteiger partial charge >= 0.3 is 5.97 Å². The van der Waals surface area contributed by atoms with Crippen LogP contribution >= 0.6 is 23.1 Å². The first-order chi connectivity index (χ1) is 8.72. The molecule has 18 heavy (non-hydrogen) atoms. The van der Waals surface area contributed by atoms with Crippen LogP contribution < -0.4 is 0 Å². The lowest BCUT2D eigenvalue weighted by Crippen LogP contribution is -2.00. The Morgan fingerprint density at radius 3 is 2.50 bits per heavy atom. The van der Waals surface area contributed by atoms with Gasteiger partial charge in [0.15, 0.2) is 0 Å². The molecule has 0 aliphatic heterocycles. The monoisotopic (exact) mass is 278 g/mol. The second-order valence-corrected chi connectivity index (χ2v) is 6.23. The number of hydrogen-bond donors (Lipinski definition) is 0. The summed E-state index contributed by atoms with van der Waals surface area (Å²) in [5, 5.41) is 0. The van der Waals surface area contributed by atoms with E-state index in [0.29, 0.717) is 5.56 Å². The molecule has 4 heteroatoms. The van der Waals surface area contributed by atoms with Gasteiger partial charge in [-0.3, -0.25) is 0 Å². The summed E-state index contributed by atoms with van der Waals surface area (Å²) in [7, 11) is 1.39. The summed E-state index contributed by atoms with van der Waals surface area (Å²) in [6, 6.07) is 11.8. The van der Waals surface area contributed by atoms with Gasteiger partial charge in [0.05, 0.1) is 16.9 Å². The van der Waals surface area contributed by atoms with Crippen LogP contribution in [-0.2, 0) is 11.2 Å². The molecule has 1 aromatic carbocycles. The molecule has 0 amide bonds. The number of thiophene rings is 1. The predicted molar refractivity (Wildman–Crippen MR) is 75.6 cm³/mol. The van der Waals surface area contributed by atoms with E-state index in [0.717, 1.165) is 11.3 Å². The first-order valence-corrected chi connectivity index (χ1v) is 7.31. The molecular weight excluding hydrogens is 264 g/mol. The number of rotatable bonds is 4. The van der Waals surface area contributed by atoms with Gasteiger partial charge < -0.3 is 4.74 Å². The Morgan fingerprint density at radius 2 is 1.94 bits per heavy atom. The Labute approximate surface area is 115 Å². The zero-order valence-electron chi connectivity index (χ0n) is 10.3. The molecule has 0 saturated heterocycles. The highest BCUT2D eigenvalue weighted by atomic mass is 32.2. The summed E-state index contributed by atoms with van der Waals surface area (Å²) < 4.78 is 5.94. The van der Waals surface area contributed by atoms with Crippen molar-refractivity contribution in [2.24, 2.45) is 0 Å². The molecule has 0 saturated carbocycles.